The van der Waals surface area contributed by atoms with Crippen molar-refractivity contribution < 1.29 is 4.79 Å². The van der Waals surface area contributed by atoms with Crippen LogP contribution in [0.2, 0.25) is 0 Å². The minimum atomic E-state index is -0.340. The molecule has 4 nitrogen and oxygen atoms in total. The number of carbonyl (C=O) groups is 1. The second-order valence-corrected chi connectivity index (χ2v) is 1.35. The Bertz CT molecular complexity index is 150. The van der Waals surface area contributed by atoms with Gasteiger partial charge in [-0.15, -0.1) is 0 Å². The van der Waals surface area contributed by atoms with E-state index in [-0.39, 0.29) is 11.5 Å². The third-order valence-electron chi connectivity index (χ3n) is 0.824. The molecule has 0 aromatic rings. The number of hydrogen-bond donors (Lipinski definition) is 3. The molecule has 0 atom stereocenters. The highest BCUT2D eigenvalue weighted by Gasteiger charge is 2.00. The number of likely N-dealkylation sites (N-methyl/N-ethyl adjacent to an activating group) is 1. The Morgan fingerprint density at radius 2 is 2.33 bits per heavy atom. The second-order valence-electron chi connectivity index (χ2n) is 1.35. The summed E-state index contributed by atoms with van der Waals surface area (Å²) < 4.78 is 0. The Labute approximate surface area is 53.2 Å². The van der Waals surface area contributed by atoms with Gasteiger partial charge in [0.15, 0.2) is 0 Å². The number of nitrogens with two attached hydrogens (primary N) is 1. The molecule has 0 aromatic heterocycles. The van der Waals surface area contributed by atoms with Crippen molar-refractivity contribution in [3.63, 3.8) is 0 Å². The van der Waals surface area contributed by atoms with Crippen molar-refractivity contribution >= 4 is 12.1 Å². The van der Waals surface area contributed by atoms with Crippen LogP contribution in [0, 0.1) is 5.41 Å². The molecule has 0 saturated heterocycles. The fourth-order valence-corrected chi connectivity index (χ4v) is 0.334. The van der Waals surface area contributed by atoms with Gasteiger partial charge in [-0.3, -0.25) is 4.79 Å². The SMILES string of the molecule is CNC(=O)/C(C=N)=C/N. The lowest BCUT2D eigenvalue weighted by molar-refractivity contribution is -0.116. The maximum atomic E-state index is 10.6. The molecule has 0 aliphatic carbocycles. The number of carbonyl (C=O) groups excluding carboxylic acids is 1. The van der Waals surface area contributed by atoms with Crippen LogP contribution in [0.1, 0.15) is 0 Å². The molecule has 1 amide bonds. The minimum Gasteiger partial charge on any atom is -0.404 e. The van der Waals surface area contributed by atoms with Crippen molar-refractivity contribution in [2.45, 2.75) is 0 Å². The largest absolute Gasteiger partial charge is 0.404 e. The van der Waals surface area contributed by atoms with E-state index in [0.29, 0.717) is 0 Å². The predicted octanol–water partition coefficient (Wildman–Crippen LogP) is -0.775. The van der Waals surface area contributed by atoms with Crippen LogP contribution in [-0.2, 0) is 4.79 Å². The molecule has 4 heteroatoms. The van der Waals surface area contributed by atoms with Crippen LogP contribution in [0.4, 0.5) is 0 Å². The van der Waals surface area contributed by atoms with Gasteiger partial charge in [-0.25, -0.2) is 0 Å². The Morgan fingerprint density at radius 1 is 1.78 bits per heavy atom. The van der Waals surface area contributed by atoms with Gasteiger partial charge in [0.1, 0.15) is 0 Å². The topological polar surface area (TPSA) is 79.0 Å². The van der Waals surface area contributed by atoms with Crippen LogP contribution >= 0.6 is 0 Å². The molecule has 0 saturated carbocycles. The maximum absolute atomic E-state index is 10.6. The van der Waals surface area contributed by atoms with E-state index >= 15 is 0 Å². The van der Waals surface area contributed by atoms with Crippen molar-refractivity contribution in [3.8, 4) is 0 Å². The minimum absolute atomic E-state index is 0.164. The second kappa shape index (κ2) is 3.65. The third kappa shape index (κ3) is 1.94. The average Bonchev–Trinajstić information content (AvgIpc) is 1.90. The first-order valence-corrected chi connectivity index (χ1v) is 2.40. The molecule has 0 bridgehead atoms. The van der Waals surface area contributed by atoms with Crippen LogP contribution in [0.25, 0.3) is 0 Å². The lowest BCUT2D eigenvalue weighted by Crippen LogP contribution is -2.21. The van der Waals surface area contributed by atoms with E-state index in [1.165, 1.54) is 7.05 Å². The molecule has 0 fully saturated rings. The normalized spacial score (nSPS) is 10.6. The van der Waals surface area contributed by atoms with E-state index < -0.39 is 0 Å². The van der Waals surface area contributed by atoms with Gasteiger partial charge in [0, 0.05) is 19.5 Å². The zero-order chi connectivity index (χ0) is 7.28. The molecule has 9 heavy (non-hydrogen) atoms. The van der Waals surface area contributed by atoms with Crippen LogP contribution in [0.3, 0.4) is 0 Å². The van der Waals surface area contributed by atoms with E-state index in [9.17, 15) is 4.79 Å². The zero-order valence-corrected chi connectivity index (χ0v) is 5.14. The molecular formula is C5H9N3O. The lowest BCUT2D eigenvalue weighted by atomic mass is 10.3. The summed E-state index contributed by atoms with van der Waals surface area (Å²) in [6.07, 6.45) is 1.99. The molecule has 0 aliphatic rings. The Morgan fingerprint density at radius 3 is 2.44 bits per heavy atom. The third-order valence-corrected chi connectivity index (χ3v) is 0.824. The van der Waals surface area contributed by atoms with E-state index in [0.717, 1.165) is 12.4 Å². The summed E-state index contributed by atoms with van der Waals surface area (Å²) in [6.45, 7) is 0. The first-order chi connectivity index (χ1) is 4.26. The van der Waals surface area contributed by atoms with Crippen LogP contribution < -0.4 is 11.1 Å². The van der Waals surface area contributed by atoms with E-state index in [2.05, 4.69) is 5.32 Å². The first-order valence-electron chi connectivity index (χ1n) is 2.40. The number of hydrogen-bond acceptors (Lipinski definition) is 3. The summed E-state index contributed by atoms with van der Waals surface area (Å²) in [5, 5.41) is 8.99. The molecular weight excluding hydrogens is 118 g/mol. The quantitative estimate of drug-likeness (QED) is 0.336. The monoisotopic (exact) mass is 127 g/mol. The van der Waals surface area contributed by atoms with Gasteiger partial charge in [0.25, 0.3) is 5.91 Å². The van der Waals surface area contributed by atoms with Crippen molar-refractivity contribution in [1.82, 2.24) is 5.32 Å². The van der Waals surface area contributed by atoms with Gasteiger partial charge in [0.2, 0.25) is 0 Å². The Hall–Kier alpha value is -1.32. The lowest BCUT2D eigenvalue weighted by Gasteiger charge is -1.94. The standard InChI is InChI=1S/C5H9N3O/c1-8-5(9)4(2-6)3-7/h2-3,6H,7H2,1H3,(H,8,9)/b4-3+,6-2?. The highest BCUT2D eigenvalue weighted by molar-refractivity contribution is 6.10. The van der Waals surface area contributed by atoms with E-state index in [1.807, 2.05) is 0 Å². The number of rotatable bonds is 2. The van der Waals surface area contributed by atoms with Gasteiger partial charge in [-0.2, -0.15) is 0 Å². The van der Waals surface area contributed by atoms with Crippen LogP contribution in [0.5, 0.6) is 0 Å². The molecule has 0 unspecified atom stereocenters. The molecule has 0 aromatic carbocycles. The smallest absolute Gasteiger partial charge is 0.254 e. The molecule has 0 heterocycles. The summed E-state index contributed by atoms with van der Waals surface area (Å²) >= 11 is 0. The molecule has 0 radical (unpaired) electrons. The van der Waals surface area contributed by atoms with E-state index in [1.54, 1.807) is 0 Å². The molecule has 0 aliphatic heterocycles. The highest BCUT2D eigenvalue weighted by atomic mass is 16.1. The molecule has 0 spiro atoms. The summed E-state index contributed by atoms with van der Waals surface area (Å²) in [5.41, 5.74) is 5.15. The highest BCUT2D eigenvalue weighted by Crippen LogP contribution is 1.83. The molecule has 0 rings (SSSR count). The van der Waals surface area contributed by atoms with Crippen LogP contribution in [-0.4, -0.2) is 19.2 Å². The summed E-state index contributed by atoms with van der Waals surface area (Å²) in [4.78, 5) is 10.6. The van der Waals surface area contributed by atoms with Crippen molar-refractivity contribution in [1.29, 1.82) is 5.41 Å². The summed E-state index contributed by atoms with van der Waals surface area (Å²) in [5.74, 6) is -0.340. The Balaban J connectivity index is 4.14. The maximum Gasteiger partial charge on any atom is 0.254 e. The van der Waals surface area contributed by atoms with Gasteiger partial charge >= 0.3 is 0 Å². The summed E-state index contributed by atoms with van der Waals surface area (Å²) in [7, 11) is 1.48. The van der Waals surface area contributed by atoms with Gasteiger partial charge in [-0.1, -0.05) is 0 Å². The van der Waals surface area contributed by atoms with Crippen LogP contribution in [0.15, 0.2) is 11.8 Å². The first kappa shape index (κ1) is 7.68. The van der Waals surface area contributed by atoms with E-state index in [4.69, 9.17) is 11.1 Å². The average molecular weight is 127 g/mol. The number of amides is 1. The molecule has 4 N–H and O–H groups in total. The van der Waals surface area contributed by atoms with Crippen molar-refractivity contribution in [2.24, 2.45) is 5.73 Å². The fraction of sp³-hybridized carbons (Fsp3) is 0.200. The zero-order valence-electron chi connectivity index (χ0n) is 5.14. The number of nitrogens with one attached hydrogen (secondary N) is 2. The summed E-state index contributed by atoms with van der Waals surface area (Å²) in [6, 6.07) is 0. The Kier molecular flexibility index (Phi) is 3.12. The molecule has 50 valence electrons. The van der Waals surface area contributed by atoms with Crippen molar-refractivity contribution in [3.05, 3.63) is 11.8 Å². The van der Waals surface area contributed by atoms with Gasteiger partial charge in [-0.05, 0) is 0 Å². The van der Waals surface area contributed by atoms with Gasteiger partial charge in [0.05, 0.1) is 5.57 Å². The fourth-order valence-electron chi connectivity index (χ4n) is 0.334. The van der Waals surface area contributed by atoms with Gasteiger partial charge < -0.3 is 16.5 Å². The van der Waals surface area contributed by atoms with Crippen molar-refractivity contribution in [2.75, 3.05) is 7.05 Å². The predicted molar refractivity (Wildman–Crippen MR) is 35.1 cm³/mol.